The van der Waals surface area contributed by atoms with Crippen molar-refractivity contribution in [2.45, 2.75) is 12.7 Å². The summed E-state index contributed by atoms with van der Waals surface area (Å²) >= 11 is 11.9. The van der Waals surface area contributed by atoms with Gasteiger partial charge in [-0.1, -0.05) is 23.2 Å². The molecule has 0 saturated heterocycles. The molecule has 3 aromatic rings. The maximum Gasteiger partial charge on any atom is 0.406 e. The van der Waals surface area contributed by atoms with E-state index in [1.165, 1.54) is 0 Å². The zero-order valence-electron chi connectivity index (χ0n) is 11.6. The summed E-state index contributed by atoms with van der Waals surface area (Å²) in [5, 5.41) is -3.13. The second-order valence-corrected chi connectivity index (χ2v) is 5.86. The monoisotopic (exact) mass is 380 g/mol. The van der Waals surface area contributed by atoms with Crippen molar-refractivity contribution >= 4 is 44.7 Å². The Bertz CT molecular complexity index is 1140. The van der Waals surface area contributed by atoms with Crippen LogP contribution >= 0.6 is 23.2 Å². The molecule has 6 nitrogen and oxygen atoms in total. The molecule has 0 unspecified atom stereocenters. The van der Waals surface area contributed by atoms with Crippen LogP contribution in [0, 0.1) is 0 Å². The van der Waals surface area contributed by atoms with E-state index in [9.17, 15) is 32.3 Å². The Hall–Kier alpha value is -2.13. The fourth-order valence-corrected chi connectivity index (χ4v) is 3.31. The molecular weight excluding hydrogens is 376 g/mol. The van der Waals surface area contributed by atoms with Gasteiger partial charge in [0.2, 0.25) is 0 Å². The van der Waals surface area contributed by atoms with Gasteiger partial charge in [0, 0.05) is 7.05 Å². The highest BCUT2D eigenvalue weighted by atomic mass is 35.5. The Morgan fingerprint density at radius 2 is 1.12 bits per heavy atom. The summed E-state index contributed by atoms with van der Waals surface area (Å²) in [5.41, 5.74) is -4.37. The van der Waals surface area contributed by atoms with Crippen molar-refractivity contribution in [1.29, 1.82) is 0 Å². The zero-order chi connectivity index (χ0) is 18.1. The van der Waals surface area contributed by atoms with Crippen LogP contribution in [0.15, 0.2) is 19.2 Å². The molecule has 0 N–H and O–H groups in total. The van der Waals surface area contributed by atoms with Crippen LogP contribution in [0.1, 0.15) is 0 Å². The molecule has 0 spiro atoms. The lowest BCUT2D eigenvalue weighted by Gasteiger charge is -2.04. The van der Waals surface area contributed by atoms with Crippen molar-refractivity contribution in [2.75, 3.05) is 0 Å². The van der Waals surface area contributed by atoms with Gasteiger partial charge in [-0.3, -0.25) is 28.3 Å². The predicted molar refractivity (Wildman–Crippen MR) is 81.9 cm³/mol. The molecule has 3 rings (SSSR count). The topological polar surface area (TPSA) is 78.1 Å². The predicted octanol–water partition coefficient (Wildman–Crippen LogP) is 1.32. The van der Waals surface area contributed by atoms with Crippen molar-refractivity contribution in [3.63, 3.8) is 0 Å². The third-order valence-corrected chi connectivity index (χ3v) is 4.43. The SMILES string of the molecule is Cn1c(=O)c2c(Cl)c3c(=O)n(CC(F)(F)F)c(=O)c3c(Cl)c2c1=O. The lowest BCUT2D eigenvalue weighted by Crippen LogP contribution is -2.32. The van der Waals surface area contributed by atoms with Crippen LogP contribution in [0.25, 0.3) is 21.5 Å². The maximum atomic E-state index is 12.6. The van der Waals surface area contributed by atoms with Gasteiger partial charge in [-0.15, -0.1) is 0 Å². The fraction of sp³-hybridized carbons (Fsp3) is 0.231. The quantitative estimate of drug-likeness (QED) is 0.637. The van der Waals surface area contributed by atoms with E-state index >= 15 is 0 Å². The van der Waals surface area contributed by atoms with E-state index in [0.717, 1.165) is 7.05 Å². The Morgan fingerprint density at radius 3 is 1.46 bits per heavy atom. The molecule has 0 amide bonds. The first-order chi connectivity index (χ1) is 11.0. The number of halogens is 5. The smallest absolute Gasteiger partial charge is 0.277 e. The van der Waals surface area contributed by atoms with Crippen molar-refractivity contribution in [3.05, 3.63) is 51.5 Å². The van der Waals surface area contributed by atoms with Crippen LogP contribution < -0.4 is 22.2 Å². The van der Waals surface area contributed by atoms with Gasteiger partial charge in [0.05, 0.1) is 31.6 Å². The molecule has 0 bridgehead atoms. The zero-order valence-corrected chi connectivity index (χ0v) is 13.1. The van der Waals surface area contributed by atoms with Gasteiger partial charge in [0.1, 0.15) is 6.54 Å². The summed E-state index contributed by atoms with van der Waals surface area (Å²) in [6, 6.07) is 0. The Labute approximate surface area is 138 Å². The fourth-order valence-electron chi connectivity index (χ4n) is 2.60. The van der Waals surface area contributed by atoms with E-state index in [0.29, 0.717) is 4.57 Å². The number of benzene rings is 1. The van der Waals surface area contributed by atoms with E-state index in [1.54, 1.807) is 0 Å². The van der Waals surface area contributed by atoms with Crippen LogP contribution in [0.2, 0.25) is 10.0 Å². The first kappa shape index (κ1) is 16.7. The number of nitrogens with zero attached hydrogens (tertiary/aromatic N) is 2. The number of hydrogen-bond acceptors (Lipinski definition) is 4. The largest absolute Gasteiger partial charge is 0.406 e. The molecule has 0 radical (unpaired) electrons. The molecule has 0 atom stereocenters. The molecule has 11 heteroatoms. The molecular formula is C13H5Cl2F3N2O4. The molecule has 0 aliphatic rings. The van der Waals surface area contributed by atoms with Gasteiger partial charge >= 0.3 is 6.18 Å². The summed E-state index contributed by atoms with van der Waals surface area (Å²) in [5.74, 6) is 0. The van der Waals surface area contributed by atoms with Gasteiger partial charge in [0.15, 0.2) is 0 Å². The van der Waals surface area contributed by atoms with Crippen molar-refractivity contribution in [1.82, 2.24) is 9.13 Å². The van der Waals surface area contributed by atoms with Crippen LogP contribution in [0.3, 0.4) is 0 Å². The van der Waals surface area contributed by atoms with E-state index in [-0.39, 0.29) is 4.57 Å². The lowest BCUT2D eigenvalue weighted by molar-refractivity contribution is -0.141. The number of hydrogen-bond donors (Lipinski definition) is 0. The molecule has 0 fully saturated rings. The summed E-state index contributed by atoms with van der Waals surface area (Å²) in [6.07, 6.45) is -4.83. The third-order valence-electron chi connectivity index (χ3n) is 3.67. The molecule has 0 aliphatic heterocycles. The summed E-state index contributed by atoms with van der Waals surface area (Å²) < 4.78 is 38.3. The van der Waals surface area contributed by atoms with Crippen LogP contribution in [0.4, 0.5) is 13.2 Å². The number of aromatic nitrogens is 2. The highest BCUT2D eigenvalue weighted by Crippen LogP contribution is 2.33. The van der Waals surface area contributed by atoms with Gasteiger partial charge in [-0.25, -0.2) is 0 Å². The minimum atomic E-state index is -4.83. The van der Waals surface area contributed by atoms with Crippen LogP contribution in [0.5, 0.6) is 0 Å². The Morgan fingerprint density at radius 1 is 0.792 bits per heavy atom. The molecule has 0 saturated carbocycles. The Balaban J connectivity index is 2.65. The normalized spacial score (nSPS) is 12.6. The number of fused-ring (bicyclic) bond motifs is 2. The summed E-state index contributed by atoms with van der Waals surface area (Å²) in [4.78, 5) is 48.5. The average molecular weight is 381 g/mol. The van der Waals surface area contributed by atoms with Gasteiger partial charge in [0.25, 0.3) is 22.2 Å². The number of rotatable bonds is 1. The van der Waals surface area contributed by atoms with Crippen molar-refractivity contribution < 1.29 is 13.2 Å². The van der Waals surface area contributed by atoms with Crippen LogP contribution in [-0.2, 0) is 13.6 Å². The van der Waals surface area contributed by atoms with Gasteiger partial charge in [-0.2, -0.15) is 13.2 Å². The molecule has 1 aromatic carbocycles. The molecule has 2 heterocycles. The summed E-state index contributed by atoms with van der Waals surface area (Å²) in [6.45, 7) is -1.83. The van der Waals surface area contributed by atoms with Crippen LogP contribution in [-0.4, -0.2) is 15.3 Å². The van der Waals surface area contributed by atoms with Crippen molar-refractivity contribution in [2.24, 2.45) is 7.05 Å². The minimum Gasteiger partial charge on any atom is -0.277 e. The lowest BCUT2D eigenvalue weighted by atomic mass is 10.1. The minimum absolute atomic E-state index is 0.0732. The standard InChI is InChI=1S/C13H5Cl2F3N2O4/c1-19-9(21)3-4(10(19)22)8(15)6-5(7(3)14)11(23)20(12(6)24)2-13(16,17)18/h2H2,1H3. The average Bonchev–Trinajstić information content (AvgIpc) is 2.84. The first-order valence-electron chi connectivity index (χ1n) is 6.27. The molecule has 0 aliphatic carbocycles. The molecule has 24 heavy (non-hydrogen) atoms. The van der Waals surface area contributed by atoms with E-state index in [1.807, 2.05) is 0 Å². The Kier molecular flexibility index (Phi) is 3.44. The van der Waals surface area contributed by atoms with Crippen molar-refractivity contribution in [3.8, 4) is 0 Å². The maximum absolute atomic E-state index is 12.6. The van der Waals surface area contributed by atoms with E-state index in [2.05, 4.69) is 0 Å². The molecule has 2 aromatic heterocycles. The first-order valence-corrected chi connectivity index (χ1v) is 7.03. The third kappa shape index (κ3) is 2.04. The van der Waals surface area contributed by atoms with Gasteiger partial charge < -0.3 is 0 Å². The highest BCUT2D eigenvalue weighted by Gasteiger charge is 2.33. The second kappa shape index (κ2) is 4.93. The number of alkyl halides is 3. The highest BCUT2D eigenvalue weighted by molar-refractivity contribution is 6.47. The molecule has 126 valence electrons. The second-order valence-electron chi connectivity index (χ2n) is 5.11. The summed E-state index contributed by atoms with van der Waals surface area (Å²) in [7, 11) is 1.14. The van der Waals surface area contributed by atoms with E-state index < -0.39 is 66.5 Å². The van der Waals surface area contributed by atoms with Gasteiger partial charge in [-0.05, 0) is 0 Å². The van der Waals surface area contributed by atoms with E-state index in [4.69, 9.17) is 23.2 Å².